The second kappa shape index (κ2) is 5.36. The van der Waals surface area contributed by atoms with Gasteiger partial charge in [0.1, 0.15) is 5.82 Å². The van der Waals surface area contributed by atoms with Gasteiger partial charge in [-0.2, -0.15) is 0 Å². The third kappa shape index (κ3) is 2.62. The van der Waals surface area contributed by atoms with E-state index in [4.69, 9.17) is 16.3 Å². The largest absolute Gasteiger partial charge is 0.494 e. The number of hydrogen-bond acceptors (Lipinski definition) is 1. The van der Waals surface area contributed by atoms with Crippen LogP contribution in [0.3, 0.4) is 0 Å². The summed E-state index contributed by atoms with van der Waals surface area (Å²) < 4.78 is 31.5. The average molecular weight is 269 g/mol. The molecule has 0 fully saturated rings. The lowest BCUT2D eigenvalue weighted by molar-refractivity contribution is 0.386. The molecule has 2 aromatic rings. The highest BCUT2D eigenvalue weighted by atomic mass is 35.5. The van der Waals surface area contributed by atoms with Gasteiger partial charge in [-0.25, -0.2) is 8.78 Å². The number of ether oxygens (including phenoxy) is 1. The van der Waals surface area contributed by atoms with Gasteiger partial charge in [0.25, 0.3) is 0 Å². The molecule has 0 saturated carbocycles. The molecular formula is C14H11ClF2O. The molecule has 0 aliphatic carbocycles. The van der Waals surface area contributed by atoms with E-state index in [1.165, 1.54) is 31.4 Å². The summed E-state index contributed by atoms with van der Waals surface area (Å²) in [5, 5.41) is -0.596. The fraction of sp³-hybridized carbons (Fsp3) is 0.143. The Hall–Kier alpha value is -1.61. The van der Waals surface area contributed by atoms with Crippen molar-refractivity contribution in [1.29, 1.82) is 0 Å². The SMILES string of the molecule is COc1ccc(C(Cl)c2cccc(F)c2)cc1F. The standard InChI is InChI=1S/C14H11ClF2O/c1-18-13-6-5-10(8-12(13)17)14(15)9-3-2-4-11(16)7-9/h2-8,14H,1H3. The molecule has 18 heavy (non-hydrogen) atoms. The van der Waals surface area contributed by atoms with Crippen LogP contribution in [0.1, 0.15) is 16.5 Å². The fourth-order valence-corrected chi connectivity index (χ4v) is 1.97. The monoisotopic (exact) mass is 268 g/mol. The minimum absolute atomic E-state index is 0.154. The van der Waals surface area contributed by atoms with Crippen LogP contribution in [0.5, 0.6) is 5.75 Å². The van der Waals surface area contributed by atoms with Crippen molar-refractivity contribution in [3.05, 3.63) is 65.2 Å². The highest BCUT2D eigenvalue weighted by Crippen LogP contribution is 2.31. The number of methoxy groups -OCH3 is 1. The molecule has 0 amide bonds. The van der Waals surface area contributed by atoms with Crippen LogP contribution in [-0.2, 0) is 0 Å². The summed E-state index contributed by atoms with van der Waals surface area (Å²) in [6, 6.07) is 10.4. The lowest BCUT2D eigenvalue weighted by atomic mass is 10.0. The van der Waals surface area contributed by atoms with Crippen LogP contribution in [0, 0.1) is 11.6 Å². The lowest BCUT2D eigenvalue weighted by Crippen LogP contribution is -1.96. The van der Waals surface area contributed by atoms with Gasteiger partial charge in [-0.1, -0.05) is 18.2 Å². The molecule has 0 saturated heterocycles. The molecule has 0 aliphatic rings. The minimum atomic E-state index is -0.596. The first-order valence-electron chi connectivity index (χ1n) is 5.35. The molecule has 0 aliphatic heterocycles. The van der Waals surface area contributed by atoms with Gasteiger partial charge >= 0.3 is 0 Å². The Morgan fingerprint density at radius 1 is 1.06 bits per heavy atom. The number of alkyl halides is 1. The van der Waals surface area contributed by atoms with E-state index in [9.17, 15) is 8.78 Å². The summed E-state index contributed by atoms with van der Waals surface area (Å²) in [5.41, 5.74) is 1.14. The predicted molar refractivity (Wildman–Crippen MR) is 67.0 cm³/mol. The zero-order valence-electron chi connectivity index (χ0n) is 9.66. The molecule has 4 heteroatoms. The maximum Gasteiger partial charge on any atom is 0.165 e. The zero-order chi connectivity index (χ0) is 13.1. The van der Waals surface area contributed by atoms with Gasteiger partial charge < -0.3 is 4.74 Å². The van der Waals surface area contributed by atoms with E-state index >= 15 is 0 Å². The molecular weight excluding hydrogens is 258 g/mol. The molecule has 0 N–H and O–H groups in total. The van der Waals surface area contributed by atoms with Crippen LogP contribution >= 0.6 is 11.6 Å². The van der Waals surface area contributed by atoms with Crippen molar-refractivity contribution in [2.45, 2.75) is 5.38 Å². The maximum absolute atomic E-state index is 13.5. The molecule has 0 radical (unpaired) electrons. The highest BCUT2D eigenvalue weighted by Gasteiger charge is 2.14. The van der Waals surface area contributed by atoms with Crippen LogP contribution in [0.4, 0.5) is 8.78 Å². The first kappa shape index (κ1) is 12.8. The average Bonchev–Trinajstić information content (AvgIpc) is 2.37. The molecule has 0 spiro atoms. The van der Waals surface area contributed by atoms with Crippen LogP contribution in [-0.4, -0.2) is 7.11 Å². The quantitative estimate of drug-likeness (QED) is 0.754. The molecule has 1 unspecified atom stereocenters. The molecule has 1 nitrogen and oxygen atoms in total. The first-order chi connectivity index (χ1) is 8.61. The van der Waals surface area contributed by atoms with Crippen LogP contribution in [0.2, 0.25) is 0 Å². The maximum atomic E-state index is 13.5. The second-order valence-electron chi connectivity index (χ2n) is 3.81. The number of benzene rings is 2. The van der Waals surface area contributed by atoms with Crippen molar-refractivity contribution in [1.82, 2.24) is 0 Å². The smallest absolute Gasteiger partial charge is 0.165 e. The highest BCUT2D eigenvalue weighted by molar-refractivity contribution is 6.22. The van der Waals surface area contributed by atoms with E-state index in [2.05, 4.69) is 0 Å². The molecule has 0 aromatic heterocycles. The third-order valence-corrected chi connectivity index (χ3v) is 3.11. The van der Waals surface area contributed by atoms with E-state index in [1.807, 2.05) is 0 Å². The summed E-state index contributed by atoms with van der Waals surface area (Å²) in [7, 11) is 1.39. The molecule has 2 aromatic carbocycles. The van der Waals surface area contributed by atoms with E-state index < -0.39 is 11.2 Å². The fourth-order valence-electron chi connectivity index (χ4n) is 1.70. The zero-order valence-corrected chi connectivity index (χ0v) is 10.4. The first-order valence-corrected chi connectivity index (χ1v) is 5.78. The summed E-state index contributed by atoms with van der Waals surface area (Å²) in [6.07, 6.45) is 0. The van der Waals surface area contributed by atoms with Crippen LogP contribution in [0.25, 0.3) is 0 Å². The summed E-state index contributed by atoms with van der Waals surface area (Å²) in [6.45, 7) is 0. The van der Waals surface area contributed by atoms with Crippen molar-refractivity contribution >= 4 is 11.6 Å². The number of hydrogen-bond donors (Lipinski definition) is 0. The molecule has 1 atom stereocenters. The lowest BCUT2D eigenvalue weighted by Gasteiger charge is -2.11. The number of rotatable bonds is 3. The minimum Gasteiger partial charge on any atom is -0.494 e. The molecule has 94 valence electrons. The Labute approximate surface area is 109 Å². The van der Waals surface area contributed by atoms with E-state index in [-0.39, 0.29) is 11.6 Å². The van der Waals surface area contributed by atoms with Gasteiger partial charge in [-0.05, 0) is 35.4 Å². The topological polar surface area (TPSA) is 9.23 Å². The summed E-state index contributed by atoms with van der Waals surface area (Å²) in [5.74, 6) is -0.703. The van der Waals surface area contributed by atoms with Gasteiger partial charge in [0.05, 0.1) is 12.5 Å². The molecule has 0 heterocycles. The summed E-state index contributed by atoms with van der Waals surface area (Å²) in [4.78, 5) is 0. The van der Waals surface area contributed by atoms with E-state index in [0.29, 0.717) is 11.1 Å². The van der Waals surface area contributed by atoms with Gasteiger partial charge in [0.2, 0.25) is 0 Å². The van der Waals surface area contributed by atoms with Crippen molar-refractivity contribution in [2.75, 3.05) is 7.11 Å². The van der Waals surface area contributed by atoms with E-state index in [1.54, 1.807) is 18.2 Å². The van der Waals surface area contributed by atoms with Crippen molar-refractivity contribution in [2.24, 2.45) is 0 Å². The van der Waals surface area contributed by atoms with Crippen LogP contribution < -0.4 is 4.74 Å². The Morgan fingerprint density at radius 2 is 1.78 bits per heavy atom. The second-order valence-corrected chi connectivity index (χ2v) is 4.25. The summed E-state index contributed by atoms with van der Waals surface area (Å²) >= 11 is 6.20. The van der Waals surface area contributed by atoms with Crippen molar-refractivity contribution in [3.8, 4) is 5.75 Å². The third-order valence-electron chi connectivity index (χ3n) is 2.61. The number of halogens is 3. The Morgan fingerprint density at radius 3 is 2.39 bits per heavy atom. The van der Waals surface area contributed by atoms with Gasteiger partial charge in [0, 0.05) is 0 Å². The Bertz CT molecular complexity index is 557. The Balaban J connectivity index is 2.34. The van der Waals surface area contributed by atoms with Crippen molar-refractivity contribution < 1.29 is 13.5 Å². The van der Waals surface area contributed by atoms with Gasteiger partial charge in [0.15, 0.2) is 11.6 Å². The molecule has 2 rings (SSSR count). The van der Waals surface area contributed by atoms with Gasteiger partial charge in [-0.3, -0.25) is 0 Å². The normalized spacial score (nSPS) is 12.2. The van der Waals surface area contributed by atoms with Gasteiger partial charge in [-0.15, -0.1) is 11.6 Å². The molecule has 0 bridgehead atoms. The van der Waals surface area contributed by atoms with Crippen molar-refractivity contribution in [3.63, 3.8) is 0 Å². The van der Waals surface area contributed by atoms with E-state index in [0.717, 1.165) is 0 Å². The Kier molecular flexibility index (Phi) is 3.82. The van der Waals surface area contributed by atoms with Crippen LogP contribution in [0.15, 0.2) is 42.5 Å². The predicted octanol–water partition coefficient (Wildman–Crippen LogP) is 4.30.